The Balaban J connectivity index is 0.000000411. The number of nitrogens with one attached hydrogen (secondary N) is 1. The highest BCUT2D eigenvalue weighted by atomic mass is 35.5. The summed E-state index contributed by atoms with van der Waals surface area (Å²) in [5.41, 5.74) is 9.51. The molecule has 0 atom stereocenters. The van der Waals surface area contributed by atoms with Gasteiger partial charge in [-0.25, -0.2) is 5.09 Å². The lowest BCUT2D eigenvalue weighted by molar-refractivity contribution is 0.544. The molecule has 0 heterocycles. The van der Waals surface area contributed by atoms with Crippen molar-refractivity contribution in [3.8, 4) is 0 Å². The van der Waals surface area contributed by atoms with Crippen LogP contribution in [0.25, 0.3) is 0 Å². The summed E-state index contributed by atoms with van der Waals surface area (Å²) in [6.45, 7) is 0. The molecule has 18 heavy (non-hydrogen) atoms. The first-order valence-corrected chi connectivity index (χ1v) is 9.20. The van der Waals surface area contributed by atoms with Gasteiger partial charge in [-0.15, -0.1) is 69.6 Å². The zero-order valence-electron chi connectivity index (χ0n) is 9.24. The average molecular weight is 400 g/mol. The van der Waals surface area contributed by atoms with Gasteiger partial charge in [-0.3, -0.25) is 15.6 Å². The molecule has 0 unspecified atom stereocenters. The van der Waals surface area contributed by atoms with E-state index in [1.807, 2.05) is 0 Å². The highest BCUT2D eigenvalue weighted by Crippen LogP contribution is 2.39. The van der Waals surface area contributed by atoms with Crippen molar-refractivity contribution in [3.05, 3.63) is 0 Å². The minimum Gasteiger partial charge on any atom is -0.271 e. The third-order valence-corrected chi connectivity index (χ3v) is 6.91. The molecule has 0 spiro atoms. The van der Waals surface area contributed by atoms with Crippen molar-refractivity contribution >= 4 is 77.2 Å². The lowest BCUT2D eigenvalue weighted by atomic mass is 9.97. The number of rotatable bonds is 1. The molecule has 110 valence electrons. The van der Waals surface area contributed by atoms with Gasteiger partial charge in [0.05, 0.1) is 32.3 Å². The summed E-state index contributed by atoms with van der Waals surface area (Å²) in [6.07, 6.45) is 0. The van der Waals surface area contributed by atoms with Crippen molar-refractivity contribution < 1.29 is 4.57 Å². The Bertz CT molecular complexity index is 246. The molecule has 4 nitrogen and oxygen atoms in total. The molecule has 0 radical (unpaired) electrons. The average Bonchev–Trinajstić information content (AvgIpc) is 2.31. The van der Waals surface area contributed by atoms with Crippen molar-refractivity contribution in [3.63, 3.8) is 0 Å². The van der Waals surface area contributed by atoms with Gasteiger partial charge in [0.1, 0.15) is 0 Å². The van der Waals surface area contributed by atoms with Gasteiger partial charge in [-0.1, -0.05) is 0 Å². The molecule has 1 saturated carbocycles. The van der Waals surface area contributed by atoms with E-state index < -0.39 is 39.9 Å². The molecule has 0 aliphatic heterocycles. The minimum absolute atomic E-state index is 0.437. The van der Waals surface area contributed by atoms with Crippen LogP contribution in [0.2, 0.25) is 0 Å². The zero-order chi connectivity index (χ0) is 14.7. The Morgan fingerprint density at radius 1 is 0.778 bits per heavy atom. The Morgan fingerprint density at radius 3 is 0.944 bits per heavy atom. The lowest BCUT2D eigenvalue weighted by Gasteiger charge is -2.37. The first kappa shape index (κ1) is 19.9. The van der Waals surface area contributed by atoms with Crippen LogP contribution in [0.5, 0.6) is 0 Å². The molecule has 1 fully saturated rings. The molecule has 0 aromatic rings. The molecule has 0 amide bonds. The van der Waals surface area contributed by atoms with Crippen LogP contribution < -0.4 is 16.1 Å². The largest absolute Gasteiger partial charge is 0.273 e. The predicted octanol–water partition coefficient (Wildman–Crippen LogP) is 2.88. The van der Waals surface area contributed by atoms with E-state index in [-0.39, 0.29) is 0 Å². The van der Waals surface area contributed by atoms with Gasteiger partial charge in [0, 0.05) is 0 Å². The van der Waals surface area contributed by atoms with E-state index in [0.717, 1.165) is 0 Å². The summed E-state index contributed by atoms with van der Waals surface area (Å²) in [6, 6.07) is 0. The van der Waals surface area contributed by atoms with Crippen molar-refractivity contribution in [2.24, 2.45) is 11.0 Å². The molecular weight excluding hydrogens is 386 g/mol. The van der Waals surface area contributed by atoms with Gasteiger partial charge < -0.3 is 0 Å². The van der Waals surface area contributed by atoms with Crippen LogP contribution in [-0.2, 0) is 4.57 Å². The van der Waals surface area contributed by atoms with Crippen LogP contribution in [0, 0.1) is 0 Å². The van der Waals surface area contributed by atoms with E-state index in [4.69, 9.17) is 80.6 Å². The molecule has 11 heteroatoms. The maximum Gasteiger partial charge on any atom is 0.273 e. The number of hydrogen-bond donors (Lipinski definition) is 3. The zero-order valence-corrected chi connectivity index (χ0v) is 14.7. The first-order chi connectivity index (χ1) is 8.02. The van der Waals surface area contributed by atoms with E-state index in [9.17, 15) is 4.57 Å². The maximum absolute atomic E-state index is 10.0. The quantitative estimate of drug-likeness (QED) is 0.468. The summed E-state index contributed by atoms with van der Waals surface area (Å²) < 4.78 is 10.0. The number of halogens is 6. The SMILES string of the molecule is CNP(N)(N)=O.ClC1C(Cl)C(Cl)C(Cl)C(Cl)C1Cl. The normalized spacial score (nSPS) is 40.9. The molecule has 0 aromatic heterocycles. The molecule has 0 bridgehead atoms. The van der Waals surface area contributed by atoms with Crippen LogP contribution in [0.4, 0.5) is 0 Å². The van der Waals surface area contributed by atoms with Gasteiger partial charge in [0.15, 0.2) is 0 Å². The smallest absolute Gasteiger partial charge is 0.271 e. The van der Waals surface area contributed by atoms with Gasteiger partial charge in [0.2, 0.25) is 0 Å². The van der Waals surface area contributed by atoms with Gasteiger partial charge in [-0.05, 0) is 7.05 Å². The van der Waals surface area contributed by atoms with Crippen LogP contribution in [0.1, 0.15) is 0 Å². The minimum atomic E-state index is -2.90. The van der Waals surface area contributed by atoms with E-state index in [0.29, 0.717) is 0 Å². The highest BCUT2D eigenvalue weighted by molar-refractivity contribution is 7.56. The van der Waals surface area contributed by atoms with Crippen molar-refractivity contribution in [1.29, 1.82) is 0 Å². The molecule has 1 rings (SSSR count). The van der Waals surface area contributed by atoms with Crippen molar-refractivity contribution in [2.75, 3.05) is 7.05 Å². The second-order valence-electron chi connectivity index (χ2n) is 3.60. The van der Waals surface area contributed by atoms with E-state index in [1.54, 1.807) is 0 Å². The second kappa shape index (κ2) is 8.33. The van der Waals surface area contributed by atoms with E-state index >= 15 is 0 Å². The molecule has 5 N–H and O–H groups in total. The van der Waals surface area contributed by atoms with Crippen LogP contribution >= 0.6 is 77.2 Å². The standard InChI is InChI=1S/C6H6Cl6.CH8N3OP/c7-1-2(8)4(10)6(12)5(11)3(1)9;1-4-6(2,3)5/h1-6H;1H3,(H5,2,3,4,5). The lowest BCUT2D eigenvalue weighted by Crippen LogP contribution is -2.52. The fourth-order valence-corrected chi connectivity index (χ4v) is 3.38. The summed E-state index contributed by atoms with van der Waals surface area (Å²) >= 11 is 35.3. The summed E-state index contributed by atoms with van der Waals surface area (Å²) in [4.78, 5) is 0. The highest BCUT2D eigenvalue weighted by Gasteiger charge is 2.46. The Hall–Kier alpha value is 1.85. The summed E-state index contributed by atoms with van der Waals surface area (Å²) in [7, 11) is -1.45. The maximum atomic E-state index is 10.0. The Kier molecular flexibility index (Phi) is 9.19. The van der Waals surface area contributed by atoms with Crippen LogP contribution in [0.15, 0.2) is 0 Å². The number of nitrogens with two attached hydrogens (primary N) is 2. The number of hydrogen-bond acceptors (Lipinski definition) is 1. The van der Waals surface area contributed by atoms with E-state index in [2.05, 4.69) is 5.09 Å². The van der Waals surface area contributed by atoms with E-state index in [1.165, 1.54) is 7.05 Å². The molecular formula is C7H14Cl6N3OP. The Labute approximate surface area is 136 Å². The van der Waals surface area contributed by atoms with Crippen LogP contribution in [-0.4, -0.2) is 39.3 Å². The van der Waals surface area contributed by atoms with Crippen LogP contribution in [0.3, 0.4) is 0 Å². The third kappa shape index (κ3) is 6.09. The molecule has 1 aliphatic carbocycles. The first-order valence-electron chi connectivity index (χ1n) is 4.73. The molecule has 0 aromatic carbocycles. The third-order valence-electron chi connectivity index (χ3n) is 2.17. The topological polar surface area (TPSA) is 81.1 Å². The predicted molar refractivity (Wildman–Crippen MR) is 82.9 cm³/mol. The fraction of sp³-hybridized carbons (Fsp3) is 1.00. The van der Waals surface area contributed by atoms with Crippen molar-refractivity contribution in [2.45, 2.75) is 32.3 Å². The monoisotopic (exact) mass is 397 g/mol. The van der Waals surface area contributed by atoms with Gasteiger partial charge >= 0.3 is 0 Å². The molecule has 1 aliphatic rings. The summed E-state index contributed by atoms with van der Waals surface area (Å²) in [5, 5.41) is -0.405. The second-order valence-corrected chi connectivity index (χ2v) is 8.49. The Morgan fingerprint density at radius 2 is 0.889 bits per heavy atom. The van der Waals surface area contributed by atoms with Crippen molar-refractivity contribution in [1.82, 2.24) is 5.09 Å². The summed E-state index contributed by atoms with van der Waals surface area (Å²) in [5.74, 6) is 0. The fourth-order valence-electron chi connectivity index (χ4n) is 1.05. The van der Waals surface area contributed by atoms with Gasteiger partial charge in [-0.2, -0.15) is 0 Å². The molecule has 0 saturated heterocycles. The number of alkyl halides is 6. The van der Waals surface area contributed by atoms with Gasteiger partial charge in [0.25, 0.3) is 7.59 Å².